The van der Waals surface area contributed by atoms with E-state index in [1.807, 2.05) is 26.0 Å². The Morgan fingerprint density at radius 2 is 1.94 bits per heavy atom. The third-order valence-corrected chi connectivity index (χ3v) is 3.48. The van der Waals surface area contributed by atoms with Gasteiger partial charge in [-0.1, -0.05) is 17.7 Å². The van der Waals surface area contributed by atoms with Crippen molar-refractivity contribution in [3.8, 4) is 17.4 Å². The lowest BCUT2D eigenvalue weighted by Crippen LogP contribution is -1.94. The molecular formula is C12H10BrClN2O2. The number of benzene rings is 1. The third-order valence-electron chi connectivity index (χ3n) is 2.28. The van der Waals surface area contributed by atoms with Crippen LogP contribution in [0.1, 0.15) is 11.1 Å². The summed E-state index contributed by atoms with van der Waals surface area (Å²) >= 11 is 9.03. The van der Waals surface area contributed by atoms with Crippen molar-refractivity contribution in [1.82, 2.24) is 10.2 Å². The highest BCUT2D eigenvalue weighted by Crippen LogP contribution is 2.35. The van der Waals surface area contributed by atoms with Crippen LogP contribution in [0.5, 0.6) is 17.4 Å². The van der Waals surface area contributed by atoms with Crippen LogP contribution in [0, 0.1) is 13.8 Å². The van der Waals surface area contributed by atoms with Gasteiger partial charge in [0.05, 0.1) is 4.47 Å². The van der Waals surface area contributed by atoms with Gasteiger partial charge in [-0.25, -0.2) is 0 Å². The van der Waals surface area contributed by atoms with Crippen LogP contribution >= 0.6 is 27.5 Å². The normalized spacial score (nSPS) is 10.4. The van der Waals surface area contributed by atoms with E-state index in [1.165, 1.54) is 6.07 Å². The third kappa shape index (κ3) is 2.73. The highest BCUT2D eigenvalue weighted by molar-refractivity contribution is 9.10. The molecule has 94 valence electrons. The summed E-state index contributed by atoms with van der Waals surface area (Å²) in [7, 11) is 0. The van der Waals surface area contributed by atoms with Gasteiger partial charge >= 0.3 is 0 Å². The fourth-order valence-electron chi connectivity index (χ4n) is 1.51. The molecule has 0 aliphatic carbocycles. The Bertz CT molecular complexity index is 605. The van der Waals surface area contributed by atoms with Gasteiger partial charge < -0.3 is 9.84 Å². The van der Waals surface area contributed by atoms with Crippen LogP contribution in [0.3, 0.4) is 0 Å². The Balaban J connectivity index is 2.40. The molecule has 0 fully saturated rings. The highest BCUT2D eigenvalue weighted by Gasteiger charge is 2.11. The smallest absolute Gasteiger partial charge is 0.281 e. The molecule has 0 aliphatic heterocycles. The van der Waals surface area contributed by atoms with E-state index in [-0.39, 0.29) is 16.8 Å². The Hall–Kier alpha value is -1.33. The van der Waals surface area contributed by atoms with Gasteiger partial charge in [-0.3, -0.25) is 0 Å². The Labute approximate surface area is 118 Å². The minimum Gasteiger partial charge on any atom is -0.503 e. The van der Waals surface area contributed by atoms with Crippen molar-refractivity contribution in [2.45, 2.75) is 13.8 Å². The molecule has 1 aromatic carbocycles. The molecule has 2 aromatic rings. The van der Waals surface area contributed by atoms with Crippen molar-refractivity contribution in [3.63, 3.8) is 0 Å². The number of aromatic hydroxyl groups is 1. The lowest BCUT2D eigenvalue weighted by molar-refractivity contribution is 0.390. The molecule has 2 rings (SSSR count). The Morgan fingerprint density at radius 1 is 1.22 bits per heavy atom. The van der Waals surface area contributed by atoms with Crippen molar-refractivity contribution >= 4 is 27.5 Å². The second-order valence-corrected chi connectivity index (χ2v) is 5.03. The van der Waals surface area contributed by atoms with E-state index < -0.39 is 0 Å². The van der Waals surface area contributed by atoms with E-state index in [0.717, 1.165) is 15.6 Å². The first-order chi connectivity index (χ1) is 8.47. The van der Waals surface area contributed by atoms with Gasteiger partial charge in [0.25, 0.3) is 5.88 Å². The summed E-state index contributed by atoms with van der Waals surface area (Å²) in [4.78, 5) is 0. The lowest BCUT2D eigenvalue weighted by atomic mass is 10.1. The number of hydrogen-bond acceptors (Lipinski definition) is 4. The summed E-state index contributed by atoms with van der Waals surface area (Å²) in [6.45, 7) is 3.91. The number of aryl methyl sites for hydroxylation is 2. The number of aromatic nitrogens is 2. The summed E-state index contributed by atoms with van der Waals surface area (Å²) < 4.78 is 6.34. The minimum atomic E-state index is -0.152. The van der Waals surface area contributed by atoms with Crippen LogP contribution < -0.4 is 4.74 Å². The predicted octanol–water partition coefficient (Wildman–Crippen LogP) is 4.01. The zero-order chi connectivity index (χ0) is 13.3. The topological polar surface area (TPSA) is 55.2 Å². The van der Waals surface area contributed by atoms with E-state index >= 15 is 0 Å². The van der Waals surface area contributed by atoms with Crippen LogP contribution in [0.4, 0.5) is 0 Å². The molecule has 0 atom stereocenters. The maximum absolute atomic E-state index is 9.65. The van der Waals surface area contributed by atoms with Crippen molar-refractivity contribution in [3.05, 3.63) is 39.0 Å². The molecule has 0 aliphatic rings. The summed E-state index contributed by atoms with van der Waals surface area (Å²) in [6.07, 6.45) is 0. The molecule has 6 heteroatoms. The molecule has 0 saturated heterocycles. The first-order valence-corrected chi connectivity index (χ1v) is 6.31. The highest BCUT2D eigenvalue weighted by atomic mass is 79.9. The van der Waals surface area contributed by atoms with Gasteiger partial charge in [0.1, 0.15) is 5.75 Å². The van der Waals surface area contributed by atoms with Gasteiger partial charge in [0, 0.05) is 6.07 Å². The zero-order valence-corrected chi connectivity index (χ0v) is 12.1. The number of hydrogen-bond donors (Lipinski definition) is 1. The van der Waals surface area contributed by atoms with E-state index in [2.05, 4.69) is 26.1 Å². The minimum absolute atomic E-state index is 0.0186. The predicted molar refractivity (Wildman–Crippen MR) is 72.4 cm³/mol. The molecule has 4 nitrogen and oxygen atoms in total. The summed E-state index contributed by atoms with van der Waals surface area (Å²) in [5.74, 6) is 0.436. The number of nitrogens with zero attached hydrogens (tertiary/aromatic N) is 2. The first-order valence-electron chi connectivity index (χ1n) is 5.14. The van der Waals surface area contributed by atoms with Gasteiger partial charge in [-0.2, -0.15) is 0 Å². The second-order valence-electron chi connectivity index (χ2n) is 3.85. The monoisotopic (exact) mass is 328 g/mol. The van der Waals surface area contributed by atoms with Crippen LogP contribution in [-0.4, -0.2) is 15.3 Å². The van der Waals surface area contributed by atoms with Gasteiger partial charge in [-0.15, -0.1) is 10.2 Å². The van der Waals surface area contributed by atoms with Crippen molar-refractivity contribution < 1.29 is 9.84 Å². The molecule has 0 amide bonds. The standard InChI is InChI=1S/C12H10BrClN2O2/c1-6-3-7(2)11(13)9(4-6)18-12-8(17)5-10(14)15-16-12/h3-5H,1-2H3,(H,15,17). The van der Waals surface area contributed by atoms with Crippen molar-refractivity contribution in [2.75, 3.05) is 0 Å². The number of halogens is 2. The van der Waals surface area contributed by atoms with Crippen LogP contribution in [0.25, 0.3) is 0 Å². The maximum Gasteiger partial charge on any atom is 0.281 e. The average Bonchev–Trinajstić information content (AvgIpc) is 2.29. The molecule has 18 heavy (non-hydrogen) atoms. The molecule has 1 N–H and O–H groups in total. The number of ether oxygens (including phenoxy) is 1. The van der Waals surface area contributed by atoms with E-state index in [1.54, 1.807) is 0 Å². The molecule has 0 saturated carbocycles. The molecule has 0 radical (unpaired) electrons. The fourth-order valence-corrected chi connectivity index (χ4v) is 1.96. The average molecular weight is 330 g/mol. The molecule has 0 spiro atoms. The van der Waals surface area contributed by atoms with Gasteiger partial charge in [-0.05, 0) is 47.0 Å². The lowest BCUT2D eigenvalue weighted by Gasteiger charge is -2.10. The van der Waals surface area contributed by atoms with E-state index in [4.69, 9.17) is 16.3 Å². The Morgan fingerprint density at radius 3 is 2.61 bits per heavy atom. The molecular weight excluding hydrogens is 320 g/mol. The molecule has 1 heterocycles. The van der Waals surface area contributed by atoms with Crippen molar-refractivity contribution in [2.24, 2.45) is 0 Å². The summed E-state index contributed by atoms with van der Waals surface area (Å²) in [5.41, 5.74) is 2.08. The largest absolute Gasteiger partial charge is 0.503 e. The summed E-state index contributed by atoms with van der Waals surface area (Å²) in [6, 6.07) is 5.14. The quantitative estimate of drug-likeness (QED) is 0.904. The van der Waals surface area contributed by atoms with Gasteiger partial charge in [0.15, 0.2) is 10.9 Å². The van der Waals surface area contributed by atoms with Crippen LogP contribution in [0.15, 0.2) is 22.7 Å². The SMILES string of the molecule is Cc1cc(C)c(Br)c(Oc2nnc(Cl)cc2O)c1. The Kier molecular flexibility index (Phi) is 3.73. The second kappa shape index (κ2) is 5.12. The molecule has 0 unspecified atom stereocenters. The van der Waals surface area contributed by atoms with Crippen LogP contribution in [0.2, 0.25) is 5.15 Å². The van der Waals surface area contributed by atoms with E-state index in [9.17, 15) is 5.11 Å². The first kappa shape index (κ1) is 13.1. The summed E-state index contributed by atoms with van der Waals surface area (Å²) in [5, 5.41) is 17.1. The zero-order valence-electron chi connectivity index (χ0n) is 9.74. The fraction of sp³-hybridized carbons (Fsp3) is 0.167. The molecule has 1 aromatic heterocycles. The van der Waals surface area contributed by atoms with Gasteiger partial charge in [0.2, 0.25) is 0 Å². The number of rotatable bonds is 2. The molecule has 0 bridgehead atoms. The van der Waals surface area contributed by atoms with E-state index in [0.29, 0.717) is 5.75 Å². The van der Waals surface area contributed by atoms with Crippen molar-refractivity contribution in [1.29, 1.82) is 0 Å². The maximum atomic E-state index is 9.65. The van der Waals surface area contributed by atoms with Crippen LogP contribution in [-0.2, 0) is 0 Å².